The van der Waals surface area contributed by atoms with E-state index in [1.54, 1.807) is 0 Å². The number of nitrogens with zero attached hydrogens (tertiary/aromatic N) is 4. The van der Waals surface area contributed by atoms with Crippen molar-refractivity contribution in [2.24, 2.45) is 0 Å². The van der Waals surface area contributed by atoms with Crippen LogP contribution in [0.1, 0.15) is 21.7 Å². The number of hydrogen-bond acceptors (Lipinski definition) is 4. The highest BCUT2D eigenvalue weighted by atomic mass is 16.2. The lowest BCUT2D eigenvalue weighted by Crippen LogP contribution is -2.49. The lowest BCUT2D eigenvalue weighted by Gasteiger charge is -2.35. The van der Waals surface area contributed by atoms with Crippen LogP contribution in [-0.2, 0) is 0 Å². The first kappa shape index (κ1) is 18.2. The lowest BCUT2D eigenvalue weighted by molar-refractivity contribution is 0.0746. The van der Waals surface area contributed by atoms with Gasteiger partial charge in [-0.3, -0.25) is 4.79 Å². The van der Waals surface area contributed by atoms with E-state index in [0.717, 1.165) is 47.1 Å². The first-order valence-corrected chi connectivity index (χ1v) is 9.62. The molecule has 0 unspecified atom stereocenters. The first-order valence-electron chi connectivity index (χ1n) is 9.62. The maximum Gasteiger partial charge on any atom is 0.253 e. The van der Waals surface area contributed by atoms with Crippen LogP contribution in [0.4, 0.5) is 5.82 Å². The van der Waals surface area contributed by atoms with Gasteiger partial charge in [0, 0.05) is 43.4 Å². The van der Waals surface area contributed by atoms with Crippen molar-refractivity contribution in [1.29, 1.82) is 0 Å². The number of piperazine rings is 1. The molecule has 2 aromatic carbocycles. The molecular weight excluding hydrogens is 348 g/mol. The molecule has 0 spiro atoms. The summed E-state index contributed by atoms with van der Waals surface area (Å²) in [5.74, 6) is 1.79. The molecule has 1 aliphatic rings. The lowest BCUT2D eigenvalue weighted by atomic mass is 10.1. The smallest absolute Gasteiger partial charge is 0.253 e. The van der Waals surface area contributed by atoms with Gasteiger partial charge in [-0.1, -0.05) is 48.0 Å². The van der Waals surface area contributed by atoms with Crippen LogP contribution in [0.25, 0.3) is 11.3 Å². The number of anilines is 1. The Bertz CT molecular complexity index is 979. The second-order valence-electron chi connectivity index (χ2n) is 7.17. The van der Waals surface area contributed by atoms with Crippen molar-refractivity contribution in [1.82, 2.24) is 14.9 Å². The van der Waals surface area contributed by atoms with Crippen molar-refractivity contribution < 1.29 is 4.79 Å². The molecule has 28 heavy (non-hydrogen) atoms. The van der Waals surface area contributed by atoms with Crippen molar-refractivity contribution >= 4 is 11.7 Å². The number of hydrogen-bond donors (Lipinski definition) is 0. The highest BCUT2D eigenvalue weighted by molar-refractivity contribution is 5.94. The molecule has 1 saturated heterocycles. The van der Waals surface area contributed by atoms with Crippen molar-refractivity contribution in [2.45, 2.75) is 13.8 Å². The van der Waals surface area contributed by atoms with Gasteiger partial charge in [0.15, 0.2) is 0 Å². The Morgan fingerprint density at radius 3 is 2.32 bits per heavy atom. The third kappa shape index (κ3) is 3.88. The Kier molecular flexibility index (Phi) is 5.06. The van der Waals surface area contributed by atoms with E-state index in [-0.39, 0.29) is 5.91 Å². The Labute approximate surface area is 165 Å². The second kappa shape index (κ2) is 7.80. The fourth-order valence-corrected chi connectivity index (χ4v) is 3.57. The summed E-state index contributed by atoms with van der Waals surface area (Å²) in [6.07, 6.45) is 0. The average molecular weight is 372 g/mol. The summed E-state index contributed by atoms with van der Waals surface area (Å²) >= 11 is 0. The van der Waals surface area contributed by atoms with E-state index in [1.165, 1.54) is 0 Å². The van der Waals surface area contributed by atoms with Crippen LogP contribution in [0.5, 0.6) is 0 Å². The van der Waals surface area contributed by atoms with E-state index >= 15 is 0 Å². The van der Waals surface area contributed by atoms with Gasteiger partial charge in [0.1, 0.15) is 11.6 Å². The largest absolute Gasteiger partial charge is 0.353 e. The van der Waals surface area contributed by atoms with Gasteiger partial charge in [0.05, 0.1) is 5.69 Å². The fourth-order valence-electron chi connectivity index (χ4n) is 3.57. The third-order valence-electron chi connectivity index (χ3n) is 5.05. The third-order valence-corrected chi connectivity index (χ3v) is 5.05. The van der Waals surface area contributed by atoms with Crippen LogP contribution < -0.4 is 4.90 Å². The van der Waals surface area contributed by atoms with Crippen molar-refractivity contribution in [3.8, 4) is 11.3 Å². The standard InChI is InChI=1S/C23H24N4O/c1-17-7-6-10-20(15-17)23(28)27-13-11-26(12-14-27)22-16-21(24-18(2)25-22)19-8-4-3-5-9-19/h3-10,15-16H,11-14H2,1-2H3. The highest BCUT2D eigenvalue weighted by Crippen LogP contribution is 2.23. The quantitative estimate of drug-likeness (QED) is 0.703. The first-order chi connectivity index (χ1) is 13.6. The van der Waals surface area contributed by atoms with Crippen LogP contribution in [0, 0.1) is 13.8 Å². The maximum atomic E-state index is 12.8. The van der Waals surface area contributed by atoms with Gasteiger partial charge in [-0.2, -0.15) is 0 Å². The predicted octanol–water partition coefficient (Wildman–Crippen LogP) is 3.72. The number of amides is 1. The molecule has 1 amide bonds. The van der Waals surface area contributed by atoms with Crippen LogP contribution in [0.3, 0.4) is 0 Å². The molecule has 0 aliphatic carbocycles. The van der Waals surface area contributed by atoms with Gasteiger partial charge in [0.25, 0.3) is 5.91 Å². The molecule has 4 rings (SSSR count). The zero-order valence-corrected chi connectivity index (χ0v) is 16.3. The normalized spacial score (nSPS) is 14.2. The Balaban J connectivity index is 1.48. The molecule has 3 aromatic rings. The number of carbonyl (C=O) groups excluding carboxylic acids is 1. The summed E-state index contributed by atoms with van der Waals surface area (Å²) < 4.78 is 0. The fraction of sp³-hybridized carbons (Fsp3) is 0.261. The highest BCUT2D eigenvalue weighted by Gasteiger charge is 2.23. The van der Waals surface area contributed by atoms with Gasteiger partial charge in [-0.25, -0.2) is 9.97 Å². The monoisotopic (exact) mass is 372 g/mol. The van der Waals surface area contributed by atoms with E-state index in [4.69, 9.17) is 0 Å². The van der Waals surface area contributed by atoms with E-state index < -0.39 is 0 Å². The molecule has 0 saturated carbocycles. The zero-order chi connectivity index (χ0) is 19.5. The van der Waals surface area contributed by atoms with Gasteiger partial charge >= 0.3 is 0 Å². The van der Waals surface area contributed by atoms with Gasteiger partial charge in [-0.15, -0.1) is 0 Å². The van der Waals surface area contributed by atoms with Gasteiger partial charge in [-0.05, 0) is 26.0 Å². The zero-order valence-electron chi connectivity index (χ0n) is 16.3. The minimum atomic E-state index is 0.104. The molecule has 1 aliphatic heterocycles. The van der Waals surface area contributed by atoms with Crippen LogP contribution >= 0.6 is 0 Å². The van der Waals surface area contributed by atoms with Crippen LogP contribution in [0.15, 0.2) is 60.7 Å². The average Bonchev–Trinajstić information content (AvgIpc) is 2.73. The number of benzene rings is 2. The predicted molar refractivity (Wildman–Crippen MR) is 112 cm³/mol. The van der Waals surface area contributed by atoms with E-state index in [2.05, 4.69) is 27.0 Å². The van der Waals surface area contributed by atoms with Crippen molar-refractivity contribution in [2.75, 3.05) is 31.1 Å². The molecule has 0 atom stereocenters. The Morgan fingerprint density at radius 1 is 0.857 bits per heavy atom. The number of rotatable bonds is 3. The number of aryl methyl sites for hydroxylation is 2. The SMILES string of the molecule is Cc1cccc(C(=O)N2CCN(c3cc(-c4ccccc4)nc(C)n3)CC2)c1. The van der Waals surface area contributed by atoms with Crippen LogP contribution in [-0.4, -0.2) is 47.0 Å². The van der Waals surface area contributed by atoms with E-state index in [9.17, 15) is 4.79 Å². The number of aromatic nitrogens is 2. The maximum absolute atomic E-state index is 12.8. The van der Waals surface area contributed by atoms with Gasteiger partial charge < -0.3 is 9.80 Å². The Hall–Kier alpha value is -3.21. The second-order valence-corrected chi connectivity index (χ2v) is 7.17. The van der Waals surface area contributed by atoms with Gasteiger partial charge in [0.2, 0.25) is 0 Å². The molecule has 0 bridgehead atoms. The van der Waals surface area contributed by atoms with Crippen molar-refractivity contribution in [3.63, 3.8) is 0 Å². The minimum Gasteiger partial charge on any atom is -0.353 e. The molecule has 0 N–H and O–H groups in total. The van der Waals surface area contributed by atoms with E-state index in [1.807, 2.05) is 67.3 Å². The summed E-state index contributed by atoms with van der Waals surface area (Å²) in [6.45, 7) is 6.85. The molecule has 5 nitrogen and oxygen atoms in total. The summed E-state index contributed by atoms with van der Waals surface area (Å²) in [6, 6.07) is 20.0. The molecule has 5 heteroatoms. The molecule has 1 aromatic heterocycles. The van der Waals surface area contributed by atoms with E-state index in [0.29, 0.717) is 13.1 Å². The molecule has 0 radical (unpaired) electrons. The summed E-state index contributed by atoms with van der Waals surface area (Å²) in [4.78, 5) is 26.2. The molecule has 2 heterocycles. The van der Waals surface area contributed by atoms with Crippen LogP contribution in [0.2, 0.25) is 0 Å². The summed E-state index contributed by atoms with van der Waals surface area (Å²) in [5, 5.41) is 0. The Morgan fingerprint density at radius 2 is 1.61 bits per heavy atom. The minimum absolute atomic E-state index is 0.104. The molecule has 1 fully saturated rings. The molecule has 142 valence electrons. The summed E-state index contributed by atoms with van der Waals surface area (Å²) in [5.41, 5.74) is 3.89. The van der Waals surface area contributed by atoms with Crippen molar-refractivity contribution in [3.05, 3.63) is 77.6 Å². The summed E-state index contributed by atoms with van der Waals surface area (Å²) in [7, 11) is 0. The number of carbonyl (C=O) groups is 1. The topological polar surface area (TPSA) is 49.3 Å². The molecular formula is C23H24N4O.